The van der Waals surface area contributed by atoms with Crippen molar-refractivity contribution in [1.82, 2.24) is 4.57 Å². The maximum atomic E-state index is 12.6. The minimum absolute atomic E-state index is 0.0618. The number of nitrogens with zero attached hydrogens (tertiary/aromatic N) is 2. The summed E-state index contributed by atoms with van der Waals surface area (Å²) < 4.78 is 7.93. The van der Waals surface area contributed by atoms with Crippen LogP contribution in [-0.4, -0.2) is 23.2 Å². The molecule has 5 nitrogen and oxygen atoms in total. The summed E-state index contributed by atoms with van der Waals surface area (Å²) in [5.41, 5.74) is 4.52. The van der Waals surface area contributed by atoms with Crippen molar-refractivity contribution in [2.75, 3.05) is 11.9 Å². The molecule has 1 aromatic carbocycles. The van der Waals surface area contributed by atoms with Crippen LogP contribution in [0.4, 0.5) is 5.69 Å². The monoisotopic (exact) mass is 397 g/mol. The highest BCUT2D eigenvalue weighted by Gasteiger charge is 2.19. The molecule has 1 aromatic heterocycles. The summed E-state index contributed by atoms with van der Waals surface area (Å²) in [5.74, 6) is -0.433. The average Bonchev–Trinajstić information content (AvgIpc) is 3.26. The van der Waals surface area contributed by atoms with Gasteiger partial charge in [0.15, 0.2) is 0 Å². The summed E-state index contributed by atoms with van der Waals surface area (Å²) in [6.45, 7) is 7.51. The molecular weight excluding hydrogens is 374 g/mol. The predicted molar refractivity (Wildman–Crippen MR) is 111 cm³/mol. The molecule has 0 spiro atoms. The van der Waals surface area contributed by atoms with Crippen molar-refractivity contribution in [3.8, 4) is 6.07 Å². The minimum Gasteiger partial charge on any atom is -0.376 e. The van der Waals surface area contributed by atoms with Crippen molar-refractivity contribution < 1.29 is 9.53 Å². The Morgan fingerprint density at radius 2 is 2.18 bits per heavy atom. The van der Waals surface area contributed by atoms with Crippen LogP contribution in [0.3, 0.4) is 0 Å². The van der Waals surface area contributed by atoms with E-state index in [0.29, 0.717) is 10.7 Å². The van der Waals surface area contributed by atoms with E-state index in [0.717, 1.165) is 48.5 Å². The Kier molecular flexibility index (Phi) is 6.23. The van der Waals surface area contributed by atoms with Crippen LogP contribution in [0.25, 0.3) is 6.08 Å². The fourth-order valence-electron chi connectivity index (χ4n) is 3.51. The van der Waals surface area contributed by atoms with E-state index in [4.69, 9.17) is 16.3 Å². The van der Waals surface area contributed by atoms with Gasteiger partial charge in [0.1, 0.15) is 11.6 Å². The van der Waals surface area contributed by atoms with E-state index in [-0.39, 0.29) is 11.7 Å². The SMILES string of the molecule is Cc1cc(Cl)ccc1NC(=O)/C(C#N)=C/c1cc(C)n(C[C@@H]2CCCO2)c1C. The molecule has 2 aromatic rings. The maximum absolute atomic E-state index is 12.6. The zero-order valence-corrected chi connectivity index (χ0v) is 17.1. The van der Waals surface area contributed by atoms with Crippen LogP contribution in [-0.2, 0) is 16.1 Å². The molecule has 146 valence electrons. The van der Waals surface area contributed by atoms with Crippen molar-refractivity contribution in [1.29, 1.82) is 5.26 Å². The standard InChI is InChI=1S/C22H24ClN3O2/c1-14-9-19(23)6-7-21(14)25-22(27)18(12-24)11-17-10-15(2)26(16(17)3)13-20-5-4-8-28-20/h6-7,9-11,20H,4-5,8,13H2,1-3H3,(H,25,27)/b18-11+/t20-/m0/s1. The summed E-state index contributed by atoms with van der Waals surface area (Å²) >= 11 is 5.96. The predicted octanol–water partition coefficient (Wildman–Crippen LogP) is 4.79. The van der Waals surface area contributed by atoms with E-state index in [1.165, 1.54) is 0 Å². The molecule has 1 saturated heterocycles. The molecular formula is C22H24ClN3O2. The third-order valence-corrected chi connectivity index (χ3v) is 5.36. The van der Waals surface area contributed by atoms with Gasteiger partial charge in [-0.25, -0.2) is 0 Å². The molecule has 0 aliphatic carbocycles. The molecule has 28 heavy (non-hydrogen) atoms. The first-order valence-corrected chi connectivity index (χ1v) is 9.74. The number of carbonyl (C=O) groups is 1. The highest BCUT2D eigenvalue weighted by atomic mass is 35.5. The first-order chi connectivity index (χ1) is 13.4. The van der Waals surface area contributed by atoms with E-state index in [1.54, 1.807) is 24.3 Å². The topological polar surface area (TPSA) is 67.0 Å². The minimum atomic E-state index is -0.433. The van der Waals surface area contributed by atoms with Crippen molar-refractivity contribution in [3.05, 3.63) is 57.4 Å². The van der Waals surface area contributed by atoms with Gasteiger partial charge in [0.05, 0.1) is 6.10 Å². The summed E-state index contributed by atoms with van der Waals surface area (Å²) in [4.78, 5) is 12.6. The highest BCUT2D eigenvalue weighted by molar-refractivity contribution is 6.30. The number of anilines is 1. The number of aryl methyl sites for hydroxylation is 2. The van der Waals surface area contributed by atoms with Gasteiger partial charge in [-0.05, 0) is 75.1 Å². The van der Waals surface area contributed by atoms with Gasteiger partial charge in [-0.15, -0.1) is 0 Å². The van der Waals surface area contributed by atoms with Gasteiger partial charge in [0.25, 0.3) is 5.91 Å². The van der Waals surface area contributed by atoms with Gasteiger partial charge in [0.2, 0.25) is 0 Å². The number of nitrogens with one attached hydrogen (secondary N) is 1. The first kappa shape index (κ1) is 20.2. The average molecular weight is 398 g/mol. The number of benzene rings is 1. The smallest absolute Gasteiger partial charge is 0.266 e. The number of rotatable bonds is 5. The summed E-state index contributed by atoms with van der Waals surface area (Å²) in [7, 11) is 0. The number of hydrogen-bond acceptors (Lipinski definition) is 3. The molecule has 0 saturated carbocycles. The van der Waals surface area contributed by atoms with Crippen LogP contribution in [0.2, 0.25) is 5.02 Å². The molecule has 6 heteroatoms. The van der Waals surface area contributed by atoms with Crippen molar-refractivity contribution in [3.63, 3.8) is 0 Å². The number of amides is 1. The van der Waals surface area contributed by atoms with E-state index in [1.807, 2.05) is 32.9 Å². The van der Waals surface area contributed by atoms with Crippen molar-refractivity contribution in [2.24, 2.45) is 0 Å². The molecule has 0 bridgehead atoms. The number of nitriles is 1. The van der Waals surface area contributed by atoms with Crippen molar-refractivity contribution >= 4 is 29.3 Å². The molecule has 1 aliphatic heterocycles. The molecule has 1 amide bonds. The second kappa shape index (κ2) is 8.64. The molecule has 3 rings (SSSR count). The molecule has 1 aliphatic rings. The maximum Gasteiger partial charge on any atom is 0.266 e. The number of ether oxygens (including phenoxy) is 1. The fourth-order valence-corrected chi connectivity index (χ4v) is 3.73. The number of carbonyl (C=O) groups excluding carboxylic acids is 1. The Balaban J connectivity index is 1.82. The number of aromatic nitrogens is 1. The Morgan fingerprint density at radius 3 is 2.82 bits per heavy atom. The Hall–Kier alpha value is -2.55. The molecule has 1 fully saturated rings. The fraction of sp³-hybridized carbons (Fsp3) is 0.364. The van der Waals surface area contributed by atoms with Crippen LogP contribution in [0.1, 0.15) is 35.4 Å². The normalized spacial score (nSPS) is 16.8. The van der Waals surface area contributed by atoms with Crippen LogP contribution >= 0.6 is 11.6 Å². The van der Waals surface area contributed by atoms with Gasteiger partial charge in [-0.2, -0.15) is 5.26 Å². The van der Waals surface area contributed by atoms with Crippen LogP contribution < -0.4 is 5.32 Å². The quantitative estimate of drug-likeness (QED) is 0.582. The lowest BCUT2D eigenvalue weighted by atomic mass is 10.1. The van der Waals surface area contributed by atoms with Crippen molar-refractivity contribution in [2.45, 2.75) is 46.3 Å². The number of halogens is 1. The van der Waals surface area contributed by atoms with Crippen LogP contribution in [0.5, 0.6) is 0 Å². The second-order valence-electron chi connectivity index (χ2n) is 7.16. The molecule has 1 N–H and O–H groups in total. The Bertz CT molecular complexity index is 963. The Labute approximate surface area is 170 Å². The third-order valence-electron chi connectivity index (χ3n) is 5.12. The zero-order chi connectivity index (χ0) is 20.3. The van der Waals surface area contributed by atoms with Crippen LogP contribution in [0.15, 0.2) is 29.8 Å². The Morgan fingerprint density at radius 1 is 1.39 bits per heavy atom. The molecule has 0 radical (unpaired) electrons. The zero-order valence-electron chi connectivity index (χ0n) is 16.4. The van der Waals surface area contributed by atoms with Gasteiger partial charge < -0.3 is 14.6 Å². The highest BCUT2D eigenvalue weighted by Crippen LogP contribution is 2.23. The molecule has 0 unspecified atom stereocenters. The lowest BCUT2D eigenvalue weighted by Gasteiger charge is -2.14. The van der Waals surface area contributed by atoms with Gasteiger partial charge in [0, 0.05) is 35.2 Å². The largest absolute Gasteiger partial charge is 0.376 e. The first-order valence-electron chi connectivity index (χ1n) is 9.36. The van der Waals surface area contributed by atoms with E-state index in [2.05, 4.69) is 9.88 Å². The van der Waals surface area contributed by atoms with Gasteiger partial charge in [-0.1, -0.05) is 11.6 Å². The summed E-state index contributed by atoms with van der Waals surface area (Å²) in [5, 5.41) is 12.9. The third kappa shape index (κ3) is 4.46. The van der Waals surface area contributed by atoms with Crippen LogP contribution in [0, 0.1) is 32.1 Å². The molecule has 1 atom stereocenters. The lowest BCUT2D eigenvalue weighted by molar-refractivity contribution is -0.112. The van der Waals surface area contributed by atoms with E-state index < -0.39 is 5.91 Å². The number of hydrogen-bond donors (Lipinski definition) is 1. The van der Waals surface area contributed by atoms with Gasteiger partial charge in [-0.3, -0.25) is 4.79 Å². The summed E-state index contributed by atoms with van der Waals surface area (Å²) in [6.07, 6.45) is 4.04. The van der Waals surface area contributed by atoms with E-state index in [9.17, 15) is 10.1 Å². The van der Waals surface area contributed by atoms with E-state index >= 15 is 0 Å². The molecule has 2 heterocycles. The van der Waals surface area contributed by atoms with Gasteiger partial charge >= 0.3 is 0 Å². The lowest BCUT2D eigenvalue weighted by Crippen LogP contribution is -2.17. The summed E-state index contributed by atoms with van der Waals surface area (Å²) in [6, 6.07) is 9.23. The second-order valence-corrected chi connectivity index (χ2v) is 7.59.